The second kappa shape index (κ2) is 6.89. The number of nitrogen functional groups attached to an aromatic ring is 1. The smallest absolute Gasteiger partial charge is 0.140 e. The van der Waals surface area contributed by atoms with Crippen molar-refractivity contribution < 1.29 is 5.11 Å². The van der Waals surface area contributed by atoms with E-state index in [-0.39, 0.29) is 12.4 Å². The summed E-state index contributed by atoms with van der Waals surface area (Å²) in [6.07, 6.45) is 5.95. The Hall–Kier alpha value is -1.62. The van der Waals surface area contributed by atoms with Crippen LogP contribution < -0.4 is 10.6 Å². The van der Waals surface area contributed by atoms with Gasteiger partial charge in [-0.25, -0.2) is 4.98 Å². The maximum atomic E-state index is 9.44. The predicted octanol–water partition coefficient (Wildman–Crippen LogP) is 2.11. The molecule has 0 atom stereocenters. The summed E-state index contributed by atoms with van der Waals surface area (Å²) in [7, 11) is 0. The summed E-state index contributed by atoms with van der Waals surface area (Å²) < 4.78 is 0. The van der Waals surface area contributed by atoms with E-state index in [1.807, 2.05) is 19.9 Å². The molecule has 4 N–H and O–H groups in total. The number of pyridine rings is 1. The number of amidine groups is 1. The van der Waals surface area contributed by atoms with Crippen LogP contribution >= 0.6 is 0 Å². The molecule has 0 radical (unpaired) electrons. The van der Waals surface area contributed by atoms with E-state index >= 15 is 0 Å². The van der Waals surface area contributed by atoms with Crippen LogP contribution in [-0.2, 0) is 0 Å². The highest BCUT2D eigenvalue weighted by atomic mass is 16.3. The highest BCUT2D eigenvalue weighted by Gasteiger charge is 2.25. The van der Waals surface area contributed by atoms with E-state index in [1.54, 1.807) is 0 Å². The molecule has 1 aromatic rings. The van der Waals surface area contributed by atoms with Crippen LogP contribution in [0.1, 0.15) is 48.9 Å². The number of aromatic nitrogens is 1. The van der Waals surface area contributed by atoms with Crippen molar-refractivity contribution in [3.8, 4) is 0 Å². The van der Waals surface area contributed by atoms with E-state index in [2.05, 4.69) is 9.88 Å². The summed E-state index contributed by atoms with van der Waals surface area (Å²) in [6.45, 7) is 4.55. The van der Waals surface area contributed by atoms with Crippen molar-refractivity contribution in [1.82, 2.24) is 4.98 Å². The summed E-state index contributed by atoms with van der Waals surface area (Å²) in [5.74, 6) is 0.815. The molecule has 21 heavy (non-hydrogen) atoms. The molecule has 116 valence electrons. The first-order valence-electron chi connectivity index (χ1n) is 7.74. The molecule has 0 spiro atoms. The Morgan fingerprint density at radius 2 is 2.05 bits per heavy atom. The largest absolute Gasteiger partial charge is 0.395 e. The standard InChI is InChI=1S/C16H26N4O/c1-11-10-12(2)19-16(14(11)15(17)18)20(8-9-21)13-6-4-3-5-7-13/h10,13,21H,3-9H2,1-2H3,(H3,17,18). The van der Waals surface area contributed by atoms with Gasteiger partial charge >= 0.3 is 0 Å². The second-order valence-electron chi connectivity index (χ2n) is 5.90. The minimum atomic E-state index is 0.0498. The van der Waals surface area contributed by atoms with Gasteiger partial charge in [0.2, 0.25) is 0 Å². The number of hydrogen-bond acceptors (Lipinski definition) is 4. The Morgan fingerprint density at radius 3 is 2.62 bits per heavy atom. The molecular weight excluding hydrogens is 264 g/mol. The van der Waals surface area contributed by atoms with Gasteiger partial charge < -0.3 is 15.7 Å². The minimum absolute atomic E-state index is 0.0498. The van der Waals surface area contributed by atoms with Gasteiger partial charge in [-0.1, -0.05) is 19.3 Å². The van der Waals surface area contributed by atoms with Crippen LogP contribution in [0.5, 0.6) is 0 Å². The van der Waals surface area contributed by atoms with E-state index < -0.39 is 0 Å². The number of aliphatic hydroxyl groups is 1. The number of nitrogens with one attached hydrogen (secondary N) is 1. The van der Waals surface area contributed by atoms with Crippen molar-refractivity contribution in [2.75, 3.05) is 18.1 Å². The maximum absolute atomic E-state index is 9.44. The van der Waals surface area contributed by atoms with Crippen molar-refractivity contribution in [1.29, 1.82) is 5.41 Å². The lowest BCUT2D eigenvalue weighted by atomic mass is 9.93. The van der Waals surface area contributed by atoms with E-state index in [1.165, 1.54) is 19.3 Å². The van der Waals surface area contributed by atoms with E-state index in [0.29, 0.717) is 18.2 Å². The summed E-state index contributed by atoms with van der Waals surface area (Å²) in [6, 6.07) is 2.34. The Labute approximate surface area is 126 Å². The quantitative estimate of drug-likeness (QED) is 0.572. The van der Waals surface area contributed by atoms with Gasteiger partial charge in [0.1, 0.15) is 11.7 Å². The Balaban J connectivity index is 2.45. The summed E-state index contributed by atoms with van der Waals surface area (Å²) in [5.41, 5.74) is 8.39. The Kier molecular flexibility index (Phi) is 5.17. The number of nitrogens with zero attached hydrogens (tertiary/aromatic N) is 2. The third-order valence-electron chi connectivity index (χ3n) is 4.22. The Morgan fingerprint density at radius 1 is 1.38 bits per heavy atom. The number of nitrogens with two attached hydrogens (primary N) is 1. The van der Waals surface area contributed by atoms with E-state index in [0.717, 1.165) is 29.9 Å². The summed E-state index contributed by atoms with van der Waals surface area (Å²) in [4.78, 5) is 6.81. The van der Waals surface area contributed by atoms with Crippen LogP contribution in [-0.4, -0.2) is 35.1 Å². The van der Waals surface area contributed by atoms with Gasteiger partial charge in [-0.15, -0.1) is 0 Å². The number of aryl methyl sites for hydroxylation is 2. The lowest BCUT2D eigenvalue weighted by Crippen LogP contribution is -2.41. The molecule has 1 fully saturated rings. The monoisotopic (exact) mass is 290 g/mol. The SMILES string of the molecule is Cc1cc(C)c(C(=N)N)c(N(CCO)C2CCCCC2)n1. The first-order valence-corrected chi connectivity index (χ1v) is 7.74. The van der Waals surface area contributed by atoms with Crippen LogP contribution in [0.3, 0.4) is 0 Å². The average molecular weight is 290 g/mol. The molecule has 1 saturated carbocycles. The van der Waals surface area contributed by atoms with Crippen LogP contribution in [0.4, 0.5) is 5.82 Å². The summed E-state index contributed by atoms with van der Waals surface area (Å²) >= 11 is 0. The number of rotatable bonds is 5. The fourth-order valence-electron chi connectivity index (χ4n) is 3.32. The van der Waals surface area contributed by atoms with Gasteiger partial charge in [-0.3, -0.25) is 5.41 Å². The molecule has 0 aliphatic heterocycles. The average Bonchev–Trinajstić information content (AvgIpc) is 2.44. The first-order chi connectivity index (χ1) is 10.0. The summed E-state index contributed by atoms with van der Waals surface area (Å²) in [5, 5.41) is 17.3. The fourth-order valence-corrected chi connectivity index (χ4v) is 3.32. The first kappa shape index (κ1) is 15.8. The molecule has 1 heterocycles. The molecule has 2 rings (SSSR count). The molecular formula is C16H26N4O. The lowest BCUT2D eigenvalue weighted by Gasteiger charge is -2.36. The molecule has 0 saturated heterocycles. The lowest BCUT2D eigenvalue weighted by molar-refractivity contribution is 0.289. The highest BCUT2D eigenvalue weighted by molar-refractivity contribution is 6.01. The molecule has 0 unspecified atom stereocenters. The maximum Gasteiger partial charge on any atom is 0.140 e. The molecule has 0 bridgehead atoms. The van der Waals surface area contributed by atoms with Crippen molar-refractivity contribution in [2.24, 2.45) is 5.73 Å². The molecule has 1 aliphatic carbocycles. The zero-order valence-corrected chi connectivity index (χ0v) is 13.0. The highest BCUT2D eigenvalue weighted by Crippen LogP contribution is 2.29. The second-order valence-corrected chi connectivity index (χ2v) is 5.90. The zero-order valence-electron chi connectivity index (χ0n) is 13.0. The number of hydrogen-bond donors (Lipinski definition) is 3. The molecule has 1 aliphatic rings. The predicted molar refractivity (Wildman–Crippen MR) is 86.0 cm³/mol. The zero-order chi connectivity index (χ0) is 15.4. The van der Waals surface area contributed by atoms with E-state index in [9.17, 15) is 5.11 Å². The van der Waals surface area contributed by atoms with Crippen LogP contribution in [0.15, 0.2) is 6.07 Å². The van der Waals surface area contributed by atoms with Crippen molar-refractivity contribution in [2.45, 2.75) is 52.0 Å². The third kappa shape index (κ3) is 3.53. The topological polar surface area (TPSA) is 86.2 Å². The van der Waals surface area contributed by atoms with Crippen LogP contribution in [0, 0.1) is 19.3 Å². The molecule has 5 nitrogen and oxygen atoms in total. The van der Waals surface area contributed by atoms with E-state index in [4.69, 9.17) is 11.1 Å². The number of aliphatic hydroxyl groups excluding tert-OH is 1. The van der Waals surface area contributed by atoms with Gasteiger partial charge in [0.15, 0.2) is 0 Å². The van der Waals surface area contributed by atoms with Crippen LogP contribution in [0.25, 0.3) is 0 Å². The molecule has 5 heteroatoms. The fraction of sp³-hybridized carbons (Fsp3) is 0.625. The number of anilines is 1. The minimum Gasteiger partial charge on any atom is -0.395 e. The van der Waals surface area contributed by atoms with Crippen LogP contribution in [0.2, 0.25) is 0 Å². The van der Waals surface area contributed by atoms with Gasteiger partial charge in [-0.2, -0.15) is 0 Å². The molecule has 1 aromatic heterocycles. The Bertz CT molecular complexity index is 509. The van der Waals surface area contributed by atoms with Gasteiger partial charge in [0, 0.05) is 18.3 Å². The molecule has 0 aromatic carbocycles. The van der Waals surface area contributed by atoms with Crippen molar-refractivity contribution in [3.05, 3.63) is 22.9 Å². The van der Waals surface area contributed by atoms with Gasteiger partial charge in [0.05, 0.1) is 12.2 Å². The molecule has 0 amide bonds. The normalized spacial score (nSPS) is 16.0. The van der Waals surface area contributed by atoms with Crippen molar-refractivity contribution >= 4 is 11.7 Å². The van der Waals surface area contributed by atoms with Crippen molar-refractivity contribution in [3.63, 3.8) is 0 Å². The van der Waals surface area contributed by atoms with Gasteiger partial charge in [0.25, 0.3) is 0 Å². The van der Waals surface area contributed by atoms with Gasteiger partial charge in [-0.05, 0) is 38.3 Å². The third-order valence-corrected chi connectivity index (χ3v) is 4.22.